The van der Waals surface area contributed by atoms with Crippen LogP contribution < -0.4 is 15.6 Å². The molecule has 1 amide bonds. The number of carbonyl (C=O) groups excluding carboxylic acids is 1. The van der Waals surface area contributed by atoms with Crippen LogP contribution in [0.4, 0.5) is 5.69 Å². The molecule has 1 aromatic heterocycles. The molecule has 0 saturated carbocycles. The lowest BCUT2D eigenvalue weighted by atomic mass is 10.00. The largest absolute Gasteiger partial charge is 0.457 e. The molecule has 6 nitrogen and oxygen atoms in total. The zero-order valence-electron chi connectivity index (χ0n) is 14.9. The van der Waals surface area contributed by atoms with Crippen LogP contribution in [0.1, 0.15) is 18.2 Å². The first-order valence-corrected chi connectivity index (χ1v) is 8.27. The van der Waals surface area contributed by atoms with Crippen molar-refractivity contribution in [2.75, 3.05) is 5.32 Å². The van der Waals surface area contributed by atoms with Gasteiger partial charge >= 0.3 is 0 Å². The van der Waals surface area contributed by atoms with Crippen LogP contribution in [0.3, 0.4) is 0 Å². The standard InChI is InChI=1S/C21H17N3O3/c1-13-11-18(19(12-22)21(26)23-13)17-5-3-4-6-20(17)27-16-9-7-15(8-10-16)24-14(2)25/h3-11H,1-2H3,(H,23,26)(H,24,25). The highest BCUT2D eigenvalue weighted by molar-refractivity contribution is 5.88. The summed E-state index contributed by atoms with van der Waals surface area (Å²) in [7, 11) is 0. The third kappa shape index (κ3) is 4.05. The molecule has 0 fully saturated rings. The molecule has 3 rings (SSSR count). The molecule has 0 unspecified atom stereocenters. The number of amides is 1. The quantitative estimate of drug-likeness (QED) is 0.737. The predicted molar refractivity (Wildman–Crippen MR) is 103 cm³/mol. The topological polar surface area (TPSA) is 95.0 Å². The second-order valence-corrected chi connectivity index (χ2v) is 5.99. The number of nitrogens with one attached hydrogen (secondary N) is 2. The highest BCUT2D eigenvalue weighted by Crippen LogP contribution is 2.34. The monoisotopic (exact) mass is 359 g/mol. The summed E-state index contributed by atoms with van der Waals surface area (Å²) < 4.78 is 5.97. The molecular weight excluding hydrogens is 342 g/mol. The van der Waals surface area contributed by atoms with Gasteiger partial charge in [0.05, 0.1) is 0 Å². The minimum absolute atomic E-state index is 0.0395. The number of aromatic amines is 1. The number of ether oxygens (including phenoxy) is 1. The summed E-state index contributed by atoms with van der Waals surface area (Å²) >= 11 is 0. The Balaban J connectivity index is 2.00. The number of aryl methyl sites for hydroxylation is 1. The van der Waals surface area contributed by atoms with E-state index in [1.54, 1.807) is 49.4 Å². The summed E-state index contributed by atoms with van der Waals surface area (Å²) in [5.41, 5.74) is 2.10. The van der Waals surface area contributed by atoms with Gasteiger partial charge in [-0.25, -0.2) is 0 Å². The fraction of sp³-hybridized carbons (Fsp3) is 0.0952. The number of hydrogen-bond acceptors (Lipinski definition) is 4. The zero-order chi connectivity index (χ0) is 19.4. The molecule has 2 aromatic carbocycles. The van der Waals surface area contributed by atoms with Crippen molar-refractivity contribution in [3.63, 3.8) is 0 Å². The van der Waals surface area contributed by atoms with Gasteiger partial charge in [0, 0.05) is 29.4 Å². The number of aromatic nitrogens is 1. The van der Waals surface area contributed by atoms with Crippen molar-refractivity contribution in [1.29, 1.82) is 5.26 Å². The Morgan fingerprint density at radius 2 is 1.81 bits per heavy atom. The van der Waals surface area contributed by atoms with E-state index in [-0.39, 0.29) is 11.5 Å². The van der Waals surface area contributed by atoms with E-state index in [0.717, 1.165) is 0 Å². The van der Waals surface area contributed by atoms with Gasteiger partial charge in [-0.2, -0.15) is 5.26 Å². The average Bonchev–Trinajstić information content (AvgIpc) is 2.63. The van der Waals surface area contributed by atoms with Crippen LogP contribution in [-0.4, -0.2) is 10.9 Å². The smallest absolute Gasteiger partial charge is 0.266 e. The first-order valence-electron chi connectivity index (χ1n) is 8.27. The van der Waals surface area contributed by atoms with Crippen LogP contribution in [0.25, 0.3) is 11.1 Å². The molecule has 0 saturated heterocycles. The van der Waals surface area contributed by atoms with Gasteiger partial charge in [0.1, 0.15) is 23.1 Å². The van der Waals surface area contributed by atoms with Crippen LogP contribution in [0.2, 0.25) is 0 Å². The molecule has 0 bridgehead atoms. The molecule has 0 aliphatic rings. The molecule has 1 heterocycles. The molecule has 0 aliphatic heterocycles. The fourth-order valence-electron chi connectivity index (χ4n) is 2.73. The van der Waals surface area contributed by atoms with Gasteiger partial charge in [-0.05, 0) is 43.3 Å². The number of anilines is 1. The molecule has 134 valence electrons. The van der Waals surface area contributed by atoms with Gasteiger partial charge in [0.2, 0.25) is 5.91 Å². The van der Waals surface area contributed by atoms with Crippen molar-refractivity contribution in [1.82, 2.24) is 4.98 Å². The molecule has 6 heteroatoms. The Hall–Kier alpha value is -3.85. The summed E-state index contributed by atoms with van der Waals surface area (Å²) in [6.45, 7) is 3.20. The lowest BCUT2D eigenvalue weighted by molar-refractivity contribution is -0.114. The molecule has 2 N–H and O–H groups in total. The Bertz CT molecular complexity index is 1090. The Labute approximate surface area is 156 Å². The molecular formula is C21H17N3O3. The Morgan fingerprint density at radius 3 is 2.48 bits per heavy atom. The van der Waals surface area contributed by atoms with Gasteiger partial charge < -0.3 is 15.0 Å². The van der Waals surface area contributed by atoms with Gasteiger partial charge in [-0.3, -0.25) is 9.59 Å². The zero-order valence-corrected chi connectivity index (χ0v) is 14.9. The highest BCUT2D eigenvalue weighted by atomic mass is 16.5. The highest BCUT2D eigenvalue weighted by Gasteiger charge is 2.14. The summed E-state index contributed by atoms with van der Waals surface area (Å²) in [4.78, 5) is 25.9. The summed E-state index contributed by atoms with van der Waals surface area (Å²) in [5.74, 6) is 0.936. The van der Waals surface area contributed by atoms with E-state index in [1.807, 2.05) is 18.2 Å². The second-order valence-electron chi connectivity index (χ2n) is 5.99. The van der Waals surface area contributed by atoms with E-state index in [1.165, 1.54) is 6.92 Å². The Morgan fingerprint density at radius 1 is 1.11 bits per heavy atom. The Kier molecular flexibility index (Phi) is 5.04. The molecule has 0 radical (unpaired) electrons. The maximum absolute atomic E-state index is 12.1. The van der Waals surface area contributed by atoms with E-state index in [4.69, 9.17) is 4.74 Å². The maximum atomic E-state index is 12.1. The van der Waals surface area contributed by atoms with Crippen molar-refractivity contribution in [3.8, 4) is 28.7 Å². The SMILES string of the molecule is CC(=O)Nc1ccc(Oc2ccccc2-c2cc(C)[nH]c(=O)c2C#N)cc1. The van der Waals surface area contributed by atoms with E-state index >= 15 is 0 Å². The lowest BCUT2D eigenvalue weighted by Gasteiger charge is -2.13. The third-order valence-corrected chi connectivity index (χ3v) is 3.86. The number of pyridine rings is 1. The number of nitriles is 1. The number of para-hydroxylation sites is 1. The average molecular weight is 359 g/mol. The number of H-pyrrole nitrogens is 1. The maximum Gasteiger partial charge on any atom is 0.266 e. The van der Waals surface area contributed by atoms with Gasteiger partial charge in [-0.1, -0.05) is 18.2 Å². The lowest BCUT2D eigenvalue weighted by Crippen LogP contribution is -2.12. The van der Waals surface area contributed by atoms with Crippen molar-refractivity contribution < 1.29 is 9.53 Å². The molecule has 0 spiro atoms. The number of hydrogen-bond donors (Lipinski definition) is 2. The van der Waals surface area contributed by atoms with Crippen LogP contribution in [-0.2, 0) is 4.79 Å². The van der Waals surface area contributed by atoms with Gasteiger partial charge in [-0.15, -0.1) is 0 Å². The molecule has 3 aromatic rings. The van der Waals surface area contributed by atoms with Crippen molar-refractivity contribution in [2.24, 2.45) is 0 Å². The second kappa shape index (κ2) is 7.58. The number of carbonyl (C=O) groups is 1. The van der Waals surface area contributed by atoms with Crippen LogP contribution in [0.15, 0.2) is 59.4 Å². The first kappa shape index (κ1) is 18.0. The molecule has 27 heavy (non-hydrogen) atoms. The summed E-state index contributed by atoms with van der Waals surface area (Å²) in [6, 6.07) is 17.9. The van der Waals surface area contributed by atoms with Gasteiger partial charge in [0.25, 0.3) is 5.56 Å². The number of rotatable bonds is 4. The van der Waals surface area contributed by atoms with Crippen LogP contribution in [0.5, 0.6) is 11.5 Å². The number of benzene rings is 2. The summed E-state index contributed by atoms with van der Waals surface area (Å²) in [5, 5.41) is 12.1. The third-order valence-electron chi connectivity index (χ3n) is 3.86. The fourth-order valence-corrected chi connectivity index (χ4v) is 2.73. The van der Waals surface area contributed by atoms with Gasteiger partial charge in [0.15, 0.2) is 0 Å². The van der Waals surface area contributed by atoms with E-state index in [0.29, 0.717) is 34.0 Å². The molecule has 0 aliphatic carbocycles. The van der Waals surface area contributed by atoms with Crippen LogP contribution in [0, 0.1) is 18.3 Å². The predicted octanol–water partition coefficient (Wildman–Crippen LogP) is 3.97. The van der Waals surface area contributed by atoms with E-state index in [9.17, 15) is 14.9 Å². The van der Waals surface area contributed by atoms with Crippen molar-refractivity contribution in [3.05, 3.63) is 76.2 Å². The van der Waals surface area contributed by atoms with Crippen LogP contribution >= 0.6 is 0 Å². The first-order chi connectivity index (χ1) is 13.0. The summed E-state index contributed by atoms with van der Waals surface area (Å²) in [6.07, 6.45) is 0. The minimum Gasteiger partial charge on any atom is -0.457 e. The van der Waals surface area contributed by atoms with Crippen molar-refractivity contribution >= 4 is 11.6 Å². The minimum atomic E-state index is -0.429. The number of nitrogens with zero attached hydrogens (tertiary/aromatic N) is 1. The normalized spacial score (nSPS) is 10.1. The van der Waals surface area contributed by atoms with E-state index in [2.05, 4.69) is 10.3 Å². The molecule has 0 atom stereocenters. The van der Waals surface area contributed by atoms with E-state index < -0.39 is 5.56 Å². The van der Waals surface area contributed by atoms with Crippen molar-refractivity contribution in [2.45, 2.75) is 13.8 Å².